The standard InChI is InChI=1S/C26H30N6O/c1-32-18-23(17-30-32)22-11-12-24(29-16-22)31-26(33)25(21-5-3-2-4-6-21)28-14-13-19-7-9-20(15-27)10-8-19/h7-12,16-18,21,25,28H,2-6,13-14H2,1H3,(H,29,31,33). The van der Waals surface area contributed by atoms with Crippen molar-refractivity contribution < 1.29 is 4.79 Å². The van der Waals surface area contributed by atoms with Crippen LogP contribution in [0.4, 0.5) is 5.82 Å². The molecule has 1 aliphatic carbocycles. The van der Waals surface area contributed by atoms with E-state index in [1.165, 1.54) is 19.3 Å². The predicted octanol–water partition coefficient (Wildman–Crippen LogP) is 4.07. The van der Waals surface area contributed by atoms with Crippen molar-refractivity contribution in [2.24, 2.45) is 13.0 Å². The Labute approximate surface area is 194 Å². The minimum atomic E-state index is -0.247. The number of hydrogen-bond donors (Lipinski definition) is 2. The van der Waals surface area contributed by atoms with Crippen molar-refractivity contribution in [1.82, 2.24) is 20.1 Å². The van der Waals surface area contributed by atoms with Crippen molar-refractivity contribution in [2.45, 2.75) is 44.6 Å². The fourth-order valence-corrected chi connectivity index (χ4v) is 4.47. The molecule has 2 heterocycles. The molecular weight excluding hydrogens is 412 g/mol. The van der Waals surface area contributed by atoms with E-state index < -0.39 is 0 Å². The third kappa shape index (κ3) is 6.05. The third-order valence-electron chi connectivity index (χ3n) is 6.32. The summed E-state index contributed by atoms with van der Waals surface area (Å²) < 4.78 is 1.75. The molecule has 4 rings (SSSR count). The van der Waals surface area contributed by atoms with Crippen molar-refractivity contribution in [2.75, 3.05) is 11.9 Å². The molecule has 1 atom stereocenters. The van der Waals surface area contributed by atoms with Gasteiger partial charge in [-0.15, -0.1) is 0 Å². The molecule has 7 nitrogen and oxygen atoms in total. The highest BCUT2D eigenvalue weighted by Crippen LogP contribution is 2.27. The van der Waals surface area contributed by atoms with Gasteiger partial charge < -0.3 is 10.6 Å². The van der Waals surface area contributed by atoms with Gasteiger partial charge in [-0.05, 0) is 61.6 Å². The first kappa shape index (κ1) is 22.7. The summed E-state index contributed by atoms with van der Waals surface area (Å²) in [5, 5.41) is 19.7. The second kappa shape index (κ2) is 10.9. The Bertz CT molecular complexity index is 1090. The predicted molar refractivity (Wildman–Crippen MR) is 128 cm³/mol. The fraction of sp³-hybridized carbons (Fsp3) is 0.385. The Morgan fingerprint density at radius 2 is 1.91 bits per heavy atom. The maximum atomic E-state index is 13.2. The third-order valence-corrected chi connectivity index (χ3v) is 6.32. The van der Waals surface area contributed by atoms with Gasteiger partial charge in [-0.2, -0.15) is 10.4 Å². The molecule has 7 heteroatoms. The molecular formula is C26H30N6O. The number of aryl methyl sites for hydroxylation is 1. The van der Waals surface area contributed by atoms with Crippen LogP contribution < -0.4 is 10.6 Å². The maximum absolute atomic E-state index is 13.2. The summed E-state index contributed by atoms with van der Waals surface area (Å²) >= 11 is 0. The van der Waals surface area contributed by atoms with Crippen molar-refractivity contribution in [3.8, 4) is 17.2 Å². The number of nitrogens with one attached hydrogen (secondary N) is 2. The van der Waals surface area contributed by atoms with E-state index in [-0.39, 0.29) is 11.9 Å². The number of carbonyl (C=O) groups excluding carboxylic acids is 1. The molecule has 0 radical (unpaired) electrons. The van der Waals surface area contributed by atoms with Gasteiger partial charge in [0.25, 0.3) is 0 Å². The minimum Gasteiger partial charge on any atom is -0.309 e. The molecule has 2 N–H and O–H groups in total. The topological polar surface area (TPSA) is 95.6 Å². The molecule has 0 aliphatic heterocycles. The first-order valence-electron chi connectivity index (χ1n) is 11.6. The molecule has 170 valence electrons. The van der Waals surface area contributed by atoms with E-state index in [0.717, 1.165) is 36.0 Å². The van der Waals surface area contributed by atoms with Crippen LogP contribution in [0, 0.1) is 17.2 Å². The maximum Gasteiger partial charge on any atom is 0.242 e. The van der Waals surface area contributed by atoms with Gasteiger partial charge >= 0.3 is 0 Å². The lowest BCUT2D eigenvalue weighted by atomic mass is 9.83. The van der Waals surface area contributed by atoms with E-state index in [2.05, 4.69) is 26.8 Å². The Kier molecular flexibility index (Phi) is 7.48. The van der Waals surface area contributed by atoms with Gasteiger partial charge in [-0.3, -0.25) is 9.48 Å². The van der Waals surface area contributed by atoms with Gasteiger partial charge in [0.05, 0.1) is 23.9 Å². The number of aromatic nitrogens is 3. The lowest BCUT2D eigenvalue weighted by molar-refractivity contribution is -0.119. The number of nitriles is 1. The largest absolute Gasteiger partial charge is 0.309 e. The fourth-order valence-electron chi connectivity index (χ4n) is 4.47. The summed E-state index contributed by atoms with van der Waals surface area (Å²) in [6.45, 7) is 0.702. The monoisotopic (exact) mass is 442 g/mol. The van der Waals surface area contributed by atoms with Gasteiger partial charge in [-0.1, -0.05) is 31.4 Å². The van der Waals surface area contributed by atoms with Gasteiger partial charge in [0.2, 0.25) is 5.91 Å². The van der Waals surface area contributed by atoms with Crippen LogP contribution in [-0.2, 0) is 18.3 Å². The molecule has 33 heavy (non-hydrogen) atoms. The number of nitrogens with zero attached hydrogens (tertiary/aromatic N) is 4. The lowest BCUT2D eigenvalue weighted by Crippen LogP contribution is -2.47. The van der Waals surface area contributed by atoms with E-state index >= 15 is 0 Å². The Balaban J connectivity index is 1.39. The van der Waals surface area contributed by atoms with Crippen LogP contribution in [0.2, 0.25) is 0 Å². The molecule has 0 bridgehead atoms. The molecule has 1 fully saturated rings. The highest BCUT2D eigenvalue weighted by Gasteiger charge is 2.29. The molecule has 1 amide bonds. The summed E-state index contributed by atoms with van der Waals surface area (Å²) in [6, 6.07) is 13.3. The van der Waals surface area contributed by atoms with Crippen molar-refractivity contribution in [3.63, 3.8) is 0 Å². The summed E-state index contributed by atoms with van der Waals surface area (Å²) in [6.07, 6.45) is 12.0. The average molecular weight is 443 g/mol. The van der Waals surface area contributed by atoms with Crippen LogP contribution in [0.1, 0.15) is 43.2 Å². The number of pyridine rings is 1. The van der Waals surface area contributed by atoms with E-state index in [9.17, 15) is 4.79 Å². The van der Waals surface area contributed by atoms with E-state index in [1.807, 2.05) is 49.6 Å². The zero-order valence-corrected chi connectivity index (χ0v) is 19.0. The highest BCUT2D eigenvalue weighted by molar-refractivity contribution is 5.94. The first-order chi connectivity index (χ1) is 16.1. The lowest BCUT2D eigenvalue weighted by Gasteiger charge is -2.30. The SMILES string of the molecule is Cn1cc(-c2ccc(NC(=O)C(NCCc3ccc(C#N)cc3)C3CCCCC3)nc2)cn1. The number of amides is 1. The number of hydrogen-bond acceptors (Lipinski definition) is 5. The quantitative estimate of drug-likeness (QED) is 0.548. The molecule has 1 aromatic carbocycles. The number of carbonyl (C=O) groups is 1. The van der Waals surface area contributed by atoms with E-state index in [0.29, 0.717) is 23.8 Å². The second-order valence-electron chi connectivity index (χ2n) is 8.71. The normalized spacial score (nSPS) is 15.0. The molecule has 1 unspecified atom stereocenters. The van der Waals surface area contributed by atoms with Gasteiger partial charge in [0.15, 0.2) is 0 Å². The molecule has 0 spiro atoms. The van der Waals surface area contributed by atoms with Crippen LogP contribution in [0.15, 0.2) is 55.0 Å². The molecule has 0 saturated heterocycles. The Hall–Kier alpha value is -3.50. The summed E-state index contributed by atoms with van der Waals surface area (Å²) in [7, 11) is 1.88. The van der Waals surface area contributed by atoms with Gasteiger partial charge in [0, 0.05) is 30.6 Å². The smallest absolute Gasteiger partial charge is 0.242 e. The molecule has 1 saturated carbocycles. The van der Waals surface area contributed by atoms with Crippen molar-refractivity contribution in [3.05, 3.63) is 66.1 Å². The number of benzene rings is 1. The minimum absolute atomic E-state index is 0.0247. The Morgan fingerprint density at radius 3 is 2.55 bits per heavy atom. The number of anilines is 1. The van der Waals surface area contributed by atoms with Crippen LogP contribution in [0.3, 0.4) is 0 Å². The summed E-state index contributed by atoms with van der Waals surface area (Å²) in [4.78, 5) is 17.7. The van der Waals surface area contributed by atoms with E-state index in [1.54, 1.807) is 17.1 Å². The van der Waals surface area contributed by atoms with Crippen molar-refractivity contribution >= 4 is 11.7 Å². The average Bonchev–Trinajstić information content (AvgIpc) is 3.29. The van der Waals surface area contributed by atoms with E-state index in [4.69, 9.17) is 5.26 Å². The number of rotatable bonds is 8. The zero-order chi connectivity index (χ0) is 23.0. The molecule has 3 aromatic rings. The zero-order valence-electron chi connectivity index (χ0n) is 19.0. The van der Waals surface area contributed by atoms with Gasteiger partial charge in [-0.25, -0.2) is 4.98 Å². The molecule has 1 aliphatic rings. The first-order valence-corrected chi connectivity index (χ1v) is 11.6. The van der Waals surface area contributed by atoms with Crippen LogP contribution in [-0.4, -0.2) is 33.3 Å². The van der Waals surface area contributed by atoms with Crippen LogP contribution in [0.25, 0.3) is 11.1 Å². The summed E-state index contributed by atoms with van der Waals surface area (Å²) in [5.74, 6) is 0.861. The highest BCUT2D eigenvalue weighted by atomic mass is 16.2. The van der Waals surface area contributed by atoms with Gasteiger partial charge in [0.1, 0.15) is 5.82 Å². The second-order valence-corrected chi connectivity index (χ2v) is 8.71. The summed E-state index contributed by atoms with van der Waals surface area (Å²) in [5.41, 5.74) is 3.77. The van der Waals surface area contributed by atoms with Crippen LogP contribution in [0.5, 0.6) is 0 Å². The van der Waals surface area contributed by atoms with Crippen LogP contribution >= 0.6 is 0 Å². The Morgan fingerprint density at radius 1 is 1.12 bits per heavy atom. The van der Waals surface area contributed by atoms with Crippen molar-refractivity contribution in [1.29, 1.82) is 5.26 Å². The molecule has 2 aromatic heterocycles.